The van der Waals surface area contributed by atoms with Gasteiger partial charge in [0, 0.05) is 44.4 Å². The Morgan fingerprint density at radius 2 is 1.60 bits per heavy atom. The molecule has 0 radical (unpaired) electrons. The molecule has 3 aliphatic rings. The van der Waals surface area contributed by atoms with Gasteiger partial charge in [-0.05, 0) is 55.5 Å². The normalized spacial score (nSPS) is 21.3. The number of para-hydroxylation sites is 1. The molecule has 1 spiro atoms. The maximum absolute atomic E-state index is 14.7. The summed E-state index contributed by atoms with van der Waals surface area (Å²) in [6.07, 6.45) is 3.51. The van der Waals surface area contributed by atoms with E-state index in [-0.39, 0.29) is 17.3 Å². The molecule has 0 bridgehead atoms. The van der Waals surface area contributed by atoms with Gasteiger partial charge < -0.3 is 9.64 Å². The van der Waals surface area contributed by atoms with Crippen molar-refractivity contribution in [3.63, 3.8) is 0 Å². The Labute approximate surface area is 247 Å². The molecule has 1 fully saturated rings. The Kier molecular flexibility index (Phi) is 6.13. The highest BCUT2D eigenvalue weighted by Gasteiger charge is 2.71. The van der Waals surface area contributed by atoms with Gasteiger partial charge in [-0.1, -0.05) is 66.2 Å². The summed E-state index contributed by atoms with van der Waals surface area (Å²) in [6, 6.07) is 23.2. The molecule has 7 rings (SSSR count). The summed E-state index contributed by atoms with van der Waals surface area (Å²) >= 11 is 6.16. The summed E-state index contributed by atoms with van der Waals surface area (Å²) in [7, 11) is 0. The summed E-state index contributed by atoms with van der Waals surface area (Å²) in [5.74, 6) is -1.82. The molecule has 4 aromatic carbocycles. The molecule has 2 aliphatic heterocycles. The van der Waals surface area contributed by atoms with Crippen LogP contribution in [0.2, 0.25) is 5.02 Å². The van der Waals surface area contributed by atoms with Crippen molar-refractivity contribution < 1.29 is 23.5 Å². The van der Waals surface area contributed by atoms with Crippen molar-refractivity contribution in [3.8, 4) is 5.75 Å². The van der Waals surface area contributed by atoms with Crippen LogP contribution in [0.3, 0.4) is 0 Å². The fraction of sp³-hybridized carbons (Fsp3) is 0.171. The number of carbonyl (C=O) groups excluding carboxylic acids is 3. The molecule has 7 heteroatoms. The summed E-state index contributed by atoms with van der Waals surface area (Å²) in [6.45, 7) is 2.21. The second-order valence-corrected chi connectivity index (χ2v) is 11.2. The van der Waals surface area contributed by atoms with Gasteiger partial charge in [0.25, 0.3) is 0 Å². The van der Waals surface area contributed by atoms with E-state index in [1.165, 1.54) is 12.1 Å². The average Bonchev–Trinajstić information content (AvgIpc) is 3.43. The van der Waals surface area contributed by atoms with E-state index < -0.39 is 29.2 Å². The number of Topliss-reactive ketones (excluding diaryl/α,β-unsaturated/α-hetero) is 3. The van der Waals surface area contributed by atoms with Crippen LogP contribution in [0, 0.1) is 11.2 Å². The van der Waals surface area contributed by atoms with E-state index in [1.807, 2.05) is 30.0 Å². The highest BCUT2D eigenvalue weighted by molar-refractivity contribution is 6.32. The predicted molar refractivity (Wildman–Crippen MR) is 159 cm³/mol. The molecule has 4 aromatic rings. The molecule has 208 valence electrons. The topological polar surface area (TPSA) is 63.7 Å². The van der Waals surface area contributed by atoms with E-state index >= 15 is 0 Å². The van der Waals surface area contributed by atoms with Crippen LogP contribution in [-0.2, 0) is 0 Å². The Hall–Kier alpha value is -4.55. The van der Waals surface area contributed by atoms with Gasteiger partial charge in [-0.15, -0.1) is 0 Å². The zero-order chi connectivity index (χ0) is 29.2. The molecular formula is C35H25ClFNO4. The van der Waals surface area contributed by atoms with Crippen molar-refractivity contribution in [2.24, 2.45) is 5.41 Å². The number of benzene rings is 4. The SMILES string of the molecule is CCOc1ccccc1[C@@H]1[C@@H](C(=O)c2ccc(Cl)cc2)N2c3ccc(F)cc3C=C[C@@H]2C12C(=O)c1ccccc1C2=O. The minimum atomic E-state index is -1.67. The van der Waals surface area contributed by atoms with Crippen LogP contribution in [0.5, 0.6) is 5.75 Å². The summed E-state index contributed by atoms with van der Waals surface area (Å²) in [5, 5.41) is 0.476. The third-order valence-electron chi connectivity index (χ3n) is 8.72. The molecule has 0 N–H and O–H groups in total. The van der Waals surface area contributed by atoms with Gasteiger partial charge in [0.05, 0.1) is 12.6 Å². The zero-order valence-electron chi connectivity index (χ0n) is 22.6. The molecule has 1 aliphatic carbocycles. The first-order valence-corrected chi connectivity index (χ1v) is 14.2. The van der Waals surface area contributed by atoms with Crippen LogP contribution in [0.4, 0.5) is 10.1 Å². The lowest BCUT2D eigenvalue weighted by Gasteiger charge is -2.37. The standard InChI is InChI=1S/C35H25ClFNO4/c1-2-42-28-10-6-5-9-26(28)30-31(32(39)20-11-14-22(36)15-12-20)38-27-17-16-23(37)19-21(27)13-18-29(38)35(30)33(40)24-7-3-4-8-25(24)34(35)41/h3-19,29-31H,2H2,1H3/t29-,30-,31+/m1/s1. The number of ether oxygens (including phenoxy) is 1. The molecular weight excluding hydrogens is 553 g/mol. The Bertz CT molecular complexity index is 1780. The maximum Gasteiger partial charge on any atom is 0.185 e. The minimum absolute atomic E-state index is 0.285. The number of rotatable bonds is 5. The molecule has 0 unspecified atom stereocenters. The Morgan fingerprint density at radius 1 is 0.929 bits per heavy atom. The van der Waals surface area contributed by atoms with Crippen molar-refractivity contribution in [1.29, 1.82) is 0 Å². The number of fused-ring (bicyclic) bond motifs is 5. The van der Waals surface area contributed by atoms with Gasteiger partial charge in [-0.25, -0.2) is 4.39 Å². The number of hydrogen-bond acceptors (Lipinski definition) is 5. The molecule has 2 heterocycles. The summed E-state index contributed by atoms with van der Waals surface area (Å²) in [5.41, 5.74) is 1.10. The lowest BCUT2D eigenvalue weighted by atomic mass is 9.64. The number of nitrogens with zero attached hydrogens (tertiary/aromatic N) is 1. The first kappa shape index (κ1) is 26.4. The highest BCUT2D eigenvalue weighted by Crippen LogP contribution is 2.62. The Morgan fingerprint density at radius 3 is 2.29 bits per heavy atom. The quantitative estimate of drug-likeness (QED) is 0.185. The van der Waals surface area contributed by atoms with Gasteiger partial charge in [-0.3, -0.25) is 14.4 Å². The smallest absolute Gasteiger partial charge is 0.185 e. The fourth-order valence-corrected chi connectivity index (χ4v) is 7.23. The summed E-state index contributed by atoms with van der Waals surface area (Å²) < 4.78 is 20.5. The van der Waals surface area contributed by atoms with Crippen molar-refractivity contribution >= 4 is 40.7 Å². The highest BCUT2D eigenvalue weighted by atomic mass is 35.5. The third-order valence-corrected chi connectivity index (χ3v) is 8.97. The molecule has 0 amide bonds. The van der Waals surface area contributed by atoms with Crippen LogP contribution in [0.1, 0.15) is 55.0 Å². The summed E-state index contributed by atoms with van der Waals surface area (Å²) in [4.78, 5) is 46.1. The van der Waals surface area contributed by atoms with Crippen LogP contribution in [-0.4, -0.2) is 36.0 Å². The van der Waals surface area contributed by atoms with E-state index in [0.29, 0.717) is 50.9 Å². The zero-order valence-corrected chi connectivity index (χ0v) is 23.3. The number of anilines is 1. The predicted octanol–water partition coefficient (Wildman–Crippen LogP) is 7.19. The fourth-order valence-electron chi connectivity index (χ4n) is 7.10. The average molecular weight is 578 g/mol. The second kappa shape index (κ2) is 9.78. The first-order chi connectivity index (χ1) is 20.4. The van der Waals surface area contributed by atoms with Crippen LogP contribution < -0.4 is 9.64 Å². The largest absolute Gasteiger partial charge is 0.494 e. The van der Waals surface area contributed by atoms with E-state index in [1.54, 1.807) is 72.8 Å². The number of ketones is 3. The number of carbonyl (C=O) groups is 3. The lowest BCUT2D eigenvalue weighted by molar-refractivity contribution is 0.0664. The van der Waals surface area contributed by atoms with Gasteiger partial charge in [0.1, 0.15) is 23.0 Å². The monoisotopic (exact) mass is 577 g/mol. The van der Waals surface area contributed by atoms with Gasteiger partial charge in [0.15, 0.2) is 17.3 Å². The van der Waals surface area contributed by atoms with Gasteiger partial charge in [-0.2, -0.15) is 0 Å². The van der Waals surface area contributed by atoms with Crippen LogP contribution in [0.15, 0.2) is 97.1 Å². The molecule has 5 nitrogen and oxygen atoms in total. The van der Waals surface area contributed by atoms with Crippen molar-refractivity contribution in [1.82, 2.24) is 0 Å². The van der Waals surface area contributed by atoms with Crippen molar-refractivity contribution in [2.75, 3.05) is 11.5 Å². The van der Waals surface area contributed by atoms with Crippen LogP contribution in [0.25, 0.3) is 6.08 Å². The van der Waals surface area contributed by atoms with Gasteiger partial charge in [0.2, 0.25) is 0 Å². The van der Waals surface area contributed by atoms with E-state index in [9.17, 15) is 18.8 Å². The number of hydrogen-bond donors (Lipinski definition) is 0. The lowest BCUT2D eigenvalue weighted by Crippen LogP contribution is -2.48. The molecule has 42 heavy (non-hydrogen) atoms. The molecule has 0 saturated carbocycles. The van der Waals surface area contributed by atoms with E-state index in [2.05, 4.69) is 0 Å². The molecule has 0 aromatic heterocycles. The minimum Gasteiger partial charge on any atom is -0.494 e. The van der Waals surface area contributed by atoms with Crippen LogP contribution >= 0.6 is 11.6 Å². The van der Waals surface area contributed by atoms with E-state index in [4.69, 9.17) is 16.3 Å². The van der Waals surface area contributed by atoms with Crippen molar-refractivity contribution in [2.45, 2.75) is 24.9 Å². The number of halogens is 2. The first-order valence-electron chi connectivity index (χ1n) is 13.8. The third kappa shape index (κ3) is 3.58. The van der Waals surface area contributed by atoms with Crippen molar-refractivity contribution in [3.05, 3.63) is 136 Å². The van der Waals surface area contributed by atoms with E-state index in [0.717, 1.165) is 0 Å². The Balaban J connectivity index is 1.56. The molecule has 1 saturated heterocycles. The second-order valence-electron chi connectivity index (χ2n) is 10.8. The maximum atomic E-state index is 14.7. The molecule has 3 atom stereocenters. The van der Waals surface area contributed by atoms with Gasteiger partial charge >= 0.3 is 0 Å².